The minimum absolute atomic E-state index is 0.101. The number of quaternary nitrogens is 1. The molecule has 0 fully saturated rings. The van der Waals surface area contributed by atoms with Crippen molar-refractivity contribution in [1.82, 2.24) is 0 Å². The van der Waals surface area contributed by atoms with Gasteiger partial charge in [-0.25, -0.2) is 0 Å². The number of rotatable bonds is 1. The Labute approximate surface area is 53.9 Å². The fourth-order valence-electron chi connectivity index (χ4n) is 0.728. The summed E-state index contributed by atoms with van der Waals surface area (Å²) >= 11 is 0. The Morgan fingerprint density at radius 3 is 2.67 bits per heavy atom. The SMILES string of the molecule is [NH3+]c1cccc(CO)c1. The molecule has 0 saturated carbocycles. The average Bonchev–Trinajstić information content (AvgIpc) is 1.88. The van der Waals surface area contributed by atoms with Crippen LogP contribution in [-0.4, -0.2) is 5.11 Å². The summed E-state index contributed by atoms with van der Waals surface area (Å²) in [4.78, 5) is 0. The minimum Gasteiger partial charge on any atom is -0.392 e. The van der Waals surface area contributed by atoms with Crippen LogP contribution in [0, 0.1) is 0 Å². The van der Waals surface area contributed by atoms with Crippen molar-refractivity contribution in [3.8, 4) is 0 Å². The largest absolute Gasteiger partial charge is 0.392 e. The Balaban J connectivity index is 2.94. The first-order chi connectivity index (χ1) is 4.33. The van der Waals surface area contributed by atoms with Gasteiger partial charge in [-0.3, -0.25) is 0 Å². The van der Waals surface area contributed by atoms with E-state index < -0.39 is 0 Å². The first kappa shape index (κ1) is 6.26. The van der Waals surface area contributed by atoms with Crippen LogP contribution in [0.3, 0.4) is 0 Å². The van der Waals surface area contributed by atoms with Crippen molar-refractivity contribution in [2.45, 2.75) is 6.61 Å². The predicted molar refractivity (Wildman–Crippen MR) is 34.9 cm³/mol. The lowest BCUT2D eigenvalue weighted by Crippen LogP contribution is -2.40. The van der Waals surface area contributed by atoms with E-state index in [2.05, 4.69) is 5.73 Å². The van der Waals surface area contributed by atoms with Gasteiger partial charge >= 0.3 is 0 Å². The summed E-state index contributed by atoms with van der Waals surface area (Å²) in [5, 5.41) is 8.63. The van der Waals surface area contributed by atoms with Gasteiger partial charge in [0.15, 0.2) is 0 Å². The molecule has 0 bridgehead atoms. The second-order valence-corrected chi connectivity index (χ2v) is 1.98. The highest BCUT2D eigenvalue weighted by atomic mass is 16.3. The highest BCUT2D eigenvalue weighted by Gasteiger charge is 1.90. The van der Waals surface area contributed by atoms with Crippen LogP contribution in [0.25, 0.3) is 0 Å². The standard InChI is InChI=1S/C7H9NO/c8-7-3-1-2-6(4-7)5-9/h1-4,9H,5,8H2/p+1. The average molecular weight is 124 g/mol. The normalized spacial score (nSPS) is 9.56. The fourth-order valence-corrected chi connectivity index (χ4v) is 0.728. The summed E-state index contributed by atoms with van der Waals surface area (Å²) in [6.45, 7) is 0.101. The van der Waals surface area contributed by atoms with Crippen molar-refractivity contribution in [2.24, 2.45) is 0 Å². The maximum atomic E-state index is 8.63. The van der Waals surface area contributed by atoms with E-state index in [1.807, 2.05) is 24.3 Å². The van der Waals surface area contributed by atoms with Gasteiger partial charge in [0, 0.05) is 6.07 Å². The smallest absolute Gasteiger partial charge is 0.128 e. The van der Waals surface area contributed by atoms with E-state index in [0.717, 1.165) is 11.3 Å². The van der Waals surface area contributed by atoms with Crippen LogP contribution in [0.5, 0.6) is 0 Å². The number of hydrogen-bond acceptors (Lipinski definition) is 1. The van der Waals surface area contributed by atoms with Gasteiger partial charge in [-0.2, -0.15) is 0 Å². The Hall–Kier alpha value is -0.860. The van der Waals surface area contributed by atoms with Crippen molar-refractivity contribution in [2.75, 3.05) is 0 Å². The zero-order valence-electron chi connectivity index (χ0n) is 5.17. The lowest BCUT2D eigenvalue weighted by atomic mass is 10.2. The molecule has 0 radical (unpaired) electrons. The molecule has 1 rings (SSSR count). The molecule has 0 heterocycles. The van der Waals surface area contributed by atoms with Crippen molar-refractivity contribution in [1.29, 1.82) is 0 Å². The highest BCUT2D eigenvalue weighted by Crippen LogP contribution is 2.03. The van der Waals surface area contributed by atoms with Crippen LogP contribution in [0.2, 0.25) is 0 Å². The van der Waals surface area contributed by atoms with Crippen LogP contribution in [0.1, 0.15) is 5.56 Å². The number of aliphatic hydroxyl groups is 1. The molecule has 0 aliphatic heterocycles. The second kappa shape index (κ2) is 2.62. The van der Waals surface area contributed by atoms with Crippen molar-refractivity contribution in [3.05, 3.63) is 29.8 Å². The molecule has 0 spiro atoms. The quantitative estimate of drug-likeness (QED) is 0.546. The Bertz CT molecular complexity index is 198. The van der Waals surface area contributed by atoms with E-state index in [9.17, 15) is 0 Å². The van der Waals surface area contributed by atoms with Crippen LogP contribution < -0.4 is 5.73 Å². The summed E-state index contributed by atoms with van der Waals surface area (Å²) in [5.41, 5.74) is 5.58. The highest BCUT2D eigenvalue weighted by molar-refractivity contribution is 5.31. The summed E-state index contributed by atoms with van der Waals surface area (Å²) < 4.78 is 0. The van der Waals surface area contributed by atoms with Crippen molar-refractivity contribution < 1.29 is 10.8 Å². The molecule has 0 unspecified atom stereocenters. The van der Waals surface area contributed by atoms with Gasteiger partial charge in [-0.05, 0) is 11.6 Å². The summed E-state index contributed by atoms with van der Waals surface area (Å²) in [5.74, 6) is 0. The van der Waals surface area contributed by atoms with Gasteiger partial charge < -0.3 is 10.8 Å². The molecule has 0 aromatic heterocycles. The molecule has 1 aromatic rings. The van der Waals surface area contributed by atoms with Crippen LogP contribution >= 0.6 is 0 Å². The number of hydrogen-bond donors (Lipinski definition) is 2. The zero-order valence-corrected chi connectivity index (χ0v) is 5.17. The molecule has 9 heavy (non-hydrogen) atoms. The molecular formula is C7H10NO+. The van der Waals surface area contributed by atoms with Gasteiger partial charge in [0.1, 0.15) is 5.69 Å². The zero-order chi connectivity index (χ0) is 6.69. The van der Waals surface area contributed by atoms with Gasteiger partial charge in [-0.15, -0.1) is 0 Å². The molecule has 1 aromatic carbocycles. The van der Waals surface area contributed by atoms with E-state index >= 15 is 0 Å². The topological polar surface area (TPSA) is 47.9 Å². The van der Waals surface area contributed by atoms with Crippen LogP contribution in [0.15, 0.2) is 24.3 Å². The van der Waals surface area contributed by atoms with Crippen LogP contribution in [0.4, 0.5) is 5.69 Å². The first-order valence-corrected chi connectivity index (χ1v) is 2.84. The number of benzene rings is 1. The fraction of sp³-hybridized carbons (Fsp3) is 0.143. The summed E-state index contributed by atoms with van der Waals surface area (Å²) in [6, 6.07) is 7.52. The van der Waals surface area contributed by atoms with E-state index in [1.165, 1.54) is 0 Å². The monoisotopic (exact) mass is 124 g/mol. The van der Waals surface area contributed by atoms with Gasteiger partial charge in [0.05, 0.1) is 6.61 Å². The minimum atomic E-state index is 0.101. The molecule has 0 amide bonds. The van der Waals surface area contributed by atoms with E-state index in [0.29, 0.717) is 0 Å². The molecule has 0 aliphatic rings. The molecule has 0 saturated heterocycles. The van der Waals surface area contributed by atoms with Gasteiger partial charge in [0.2, 0.25) is 0 Å². The lowest BCUT2D eigenvalue weighted by molar-refractivity contribution is -0.254. The number of aliphatic hydroxyl groups excluding tert-OH is 1. The first-order valence-electron chi connectivity index (χ1n) is 2.84. The predicted octanol–water partition coefficient (Wildman–Crippen LogP) is 0.0523. The van der Waals surface area contributed by atoms with Crippen molar-refractivity contribution >= 4 is 5.69 Å². The molecular weight excluding hydrogens is 114 g/mol. The van der Waals surface area contributed by atoms with Crippen LogP contribution in [-0.2, 0) is 6.61 Å². The Morgan fingerprint density at radius 1 is 1.44 bits per heavy atom. The second-order valence-electron chi connectivity index (χ2n) is 1.98. The molecule has 48 valence electrons. The summed E-state index contributed by atoms with van der Waals surface area (Å²) in [6.07, 6.45) is 0. The van der Waals surface area contributed by atoms with Gasteiger partial charge in [-0.1, -0.05) is 12.1 Å². The third kappa shape index (κ3) is 1.52. The van der Waals surface area contributed by atoms with E-state index in [4.69, 9.17) is 5.11 Å². The Morgan fingerprint density at radius 2 is 2.22 bits per heavy atom. The maximum Gasteiger partial charge on any atom is 0.128 e. The Kier molecular flexibility index (Phi) is 1.82. The molecule has 2 nitrogen and oxygen atoms in total. The lowest BCUT2D eigenvalue weighted by Gasteiger charge is -1.92. The van der Waals surface area contributed by atoms with E-state index in [-0.39, 0.29) is 6.61 Å². The summed E-state index contributed by atoms with van der Waals surface area (Å²) in [7, 11) is 0. The van der Waals surface area contributed by atoms with Crippen molar-refractivity contribution in [3.63, 3.8) is 0 Å². The molecule has 0 atom stereocenters. The molecule has 2 heteroatoms. The molecule has 0 aliphatic carbocycles. The maximum absolute atomic E-state index is 8.63. The van der Waals surface area contributed by atoms with Gasteiger partial charge in [0.25, 0.3) is 0 Å². The third-order valence-electron chi connectivity index (χ3n) is 1.17. The molecule has 4 N–H and O–H groups in total. The third-order valence-corrected chi connectivity index (χ3v) is 1.17. The van der Waals surface area contributed by atoms with E-state index in [1.54, 1.807) is 0 Å².